The molecule has 0 amide bonds. The van der Waals surface area contributed by atoms with E-state index >= 15 is 0 Å². The molecule has 1 N–H and O–H groups in total. The molecular weight excluding hydrogens is 260 g/mol. The number of morpholine rings is 1. The average Bonchev–Trinajstić information content (AvgIpc) is 2.49. The molecule has 2 heterocycles. The van der Waals surface area contributed by atoms with E-state index in [9.17, 15) is 9.90 Å². The van der Waals surface area contributed by atoms with Gasteiger partial charge >= 0.3 is 5.97 Å². The van der Waals surface area contributed by atoms with E-state index in [4.69, 9.17) is 4.74 Å². The Morgan fingerprint density at radius 2 is 2.40 bits per heavy atom. The lowest BCUT2D eigenvalue weighted by atomic mass is 10.2. The van der Waals surface area contributed by atoms with Gasteiger partial charge in [0.15, 0.2) is 0 Å². The molecule has 1 aliphatic heterocycles. The first-order valence-electron chi connectivity index (χ1n) is 6.64. The van der Waals surface area contributed by atoms with Crippen LogP contribution in [0.4, 0.5) is 0 Å². The highest BCUT2D eigenvalue weighted by molar-refractivity contribution is 5.87. The van der Waals surface area contributed by atoms with Crippen molar-refractivity contribution in [1.29, 1.82) is 0 Å². The van der Waals surface area contributed by atoms with Crippen LogP contribution >= 0.6 is 0 Å². The largest absolute Gasteiger partial charge is 0.464 e. The summed E-state index contributed by atoms with van der Waals surface area (Å²) in [4.78, 5) is 18.0. The van der Waals surface area contributed by atoms with Crippen LogP contribution in [0.15, 0.2) is 18.2 Å². The van der Waals surface area contributed by atoms with Gasteiger partial charge in [0.25, 0.3) is 0 Å². The van der Waals surface area contributed by atoms with Gasteiger partial charge in [-0.05, 0) is 19.1 Å². The molecule has 1 fully saturated rings. The minimum atomic E-state index is -0.435. The Bertz CT molecular complexity index is 466. The first-order chi connectivity index (χ1) is 9.63. The number of nitrogens with zero attached hydrogens (tertiary/aromatic N) is 2. The van der Waals surface area contributed by atoms with Crippen LogP contribution in [-0.4, -0.2) is 60.0 Å². The summed E-state index contributed by atoms with van der Waals surface area (Å²) in [5.41, 5.74) is 1.11. The highest BCUT2D eigenvalue weighted by atomic mass is 16.5. The van der Waals surface area contributed by atoms with Gasteiger partial charge in [0.05, 0.1) is 32.1 Å². The van der Waals surface area contributed by atoms with Gasteiger partial charge in [-0.15, -0.1) is 0 Å². The second-order valence-corrected chi connectivity index (χ2v) is 4.92. The van der Waals surface area contributed by atoms with Crippen molar-refractivity contribution in [2.45, 2.75) is 25.6 Å². The van der Waals surface area contributed by atoms with Crippen LogP contribution in [0.2, 0.25) is 0 Å². The Hall–Kier alpha value is -1.50. The summed E-state index contributed by atoms with van der Waals surface area (Å²) in [6, 6.07) is 5.56. The molecule has 0 spiro atoms. The highest BCUT2D eigenvalue weighted by Crippen LogP contribution is 2.15. The molecule has 20 heavy (non-hydrogen) atoms. The van der Waals surface area contributed by atoms with Crippen LogP contribution in [0, 0.1) is 0 Å². The number of pyridine rings is 1. The lowest BCUT2D eigenvalue weighted by Gasteiger charge is -2.37. The van der Waals surface area contributed by atoms with Crippen molar-refractivity contribution in [3.63, 3.8) is 0 Å². The monoisotopic (exact) mass is 280 g/mol. The van der Waals surface area contributed by atoms with Gasteiger partial charge in [-0.3, -0.25) is 4.90 Å². The molecule has 2 unspecified atom stereocenters. The predicted octanol–water partition coefficient (Wildman–Crippen LogP) is 0.450. The summed E-state index contributed by atoms with van der Waals surface area (Å²) in [7, 11) is 1.34. The van der Waals surface area contributed by atoms with Gasteiger partial charge in [-0.2, -0.15) is 0 Å². The van der Waals surface area contributed by atoms with E-state index in [2.05, 4.69) is 21.5 Å². The average molecular weight is 280 g/mol. The number of rotatable bonds is 4. The topological polar surface area (TPSA) is 71.9 Å². The molecule has 6 heteroatoms. The SMILES string of the molecule is COC(=O)c1cccc(CN2CC(CO)OCC2C)n1. The smallest absolute Gasteiger partial charge is 0.356 e. The second kappa shape index (κ2) is 6.78. The van der Waals surface area contributed by atoms with Gasteiger partial charge in [-0.25, -0.2) is 9.78 Å². The normalized spacial score (nSPS) is 23.6. The molecule has 0 aromatic carbocycles. The van der Waals surface area contributed by atoms with Crippen molar-refractivity contribution in [3.05, 3.63) is 29.6 Å². The molecule has 0 bridgehead atoms. The predicted molar refractivity (Wildman–Crippen MR) is 72.3 cm³/mol. The number of aliphatic hydroxyl groups excluding tert-OH is 1. The number of hydrogen-bond acceptors (Lipinski definition) is 6. The van der Waals surface area contributed by atoms with Gasteiger partial charge in [-0.1, -0.05) is 6.07 Å². The van der Waals surface area contributed by atoms with Crippen molar-refractivity contribution in [3.8, 4) is 0 Å². The van der Waals surface area contributed by atoms with Crippen LogP contribution < -0.4 is 0 Å². The first kappa shape index (κ1) is 14.9. The Labute approximate surface area is 118 Å². The number of carbonyl (C=O) groups excluding carboxylic acids is 1. The third-order valence-electron chi connectivity index (χ3n) is 3.40. The second-order valence-electron chi connectivity index (χ2n) is 4.92. The maximum Gasteiger partial charge on any atom is 0.356 e. The molecule has 0 saturated carbocycles. The molecular formula is C14H20N2O4. The van der Waals surface area contributed by atoms with Gasteiger partial charge in [0.2, 0.25) is 0 Å². The van der Waals surface area contributed by atoms with E-state index in [-0.39, 0.29) is 18.8 Å². The number of aromatic nitrogens is 1. The number of methoxy groups -OCH3 is 1. The number of ether oxygens (including phenoxy) is 2. The quantitative estimate of drug-likeness (QED) is 0.807. The molecule has 0 aliphatic carbocycles. The number of esters is 1. The zero-order chi connectivity index (χ0) is 14.5. The molecule has 1 aromatic heterocycles. The summed E-state index contributed by atoms with van der Waals surface area (Å²) in [5, 5.41) is 9.18. The van der Waals surface area contributed by atoms with Gasteiger partial charge in [0.1, 0.15) is 5.69 Å². The minimum Gasteiger partial charge on any atom is -0.464 e. The van der Waals surface area contributed by atoms with Gasteiger partial charge in [0, 0.05) is 19.1 Å². The molecule has 2 rings (SSSR count). The molecule has 6 nitrogen and oxygen atoms in total. The molecule has 110 valence electrons. The van der Waals surface area contributed by atoms with Crippen molar-refractivity contribution < 1.29 is 19.4 Å². The van der Waals surface area contributed by atoms with Crippen LogP contribution in [0.1, 0.15) is 23.1 Å². The summed E-state index contributed by atoms with van der Waals surface area (Å²) in [6.07, 6.45) is -0.157. The fourth-order valence-electron chi connectivity index (χ4n) is 2.20. The standard InChI is InChI=1S/C14H20N2O4/c1-10-9-20-12(8-17)7-16(10)6-11-4-3-5-13(15-11)14(18)19-2/h3-5,10,12,17H,6-9H2,1-2H3. The third-order valence-corrected chi connectivity index (χ3v) is 3.40. The van der Waals surface area contributed by atoms with Gasteiger partial charge < -0.3 is 14.6 Å². The Morgan fingerprint density at radius 1 is 1.60 bits per heavy atom. The van der Waals surface area contributed by atoms with E-state index in [1.165, 1.54) is 7.11 Å². The Kier molecular flexibility index (Phi) is 5.05. The van der Waals surface area contributed by atoms with E-state index < -0.39 is 5.97 Å². The molecule has 1 aromatic rings. The van der Waals surface area contributed by atoms with E-state index in [1.807, 2.05) is 6.07 Å². The van der Waals surface area contributed by atoms with E-state index in [0.29, 0.717) is 25.4 Å². The molecule has 2 atom stereocenters. The minimum absolute atomic E-state index is 0.0127. The maximum absolute atomic E-state index is 11.5. The summed E-state index contributed by atoms with van der Waals surface area (Å²) >= 11 is 0. The Morgan fingerprint density at radius 3 is 3.10 bits per heavy atom. The molecule has 1 aliphatic rings. The van der Waals surface area contributed by atoms with Crippen LogP contribution in [0.3, 0.4) is 0 Å². The first-order valence-corrected chi connectivity index (χ1v) is 6.64. The lowest BCUT2D eigenvalue weighted by Crippen LogP contribution is -2.48. The van der Waals surface area contributed by atoms with Crippen LogP contribution in [-0.2, 0) is 16.0 Å². The lowest BCUT2D eigenvalue weighted by molar-refractivity contribution is -0.0808. The van der Waals surface area contributed by atoms with Crippen molar-refractivity contribution in [1.82, 2.24) is 9.88 Å². The van der Waals surface area contributed by atoms with Crippen molar-refractivity contribution in [2.24, 2.45) is 0 Å². The molecule has 1 saturated heterocycles. The molecule has 0 radical (unpaired) electrons. The Balaban J connectivity index is 2.06. The summed E-state index contributed by atoms with van der Waals surface area (Å²) in [6.45, 7) is 3.94. The van der Waals surface area contributed by atoms with E-state index in [0.717, 1.165) is 5.69 Å². The summed E-state index contributed by atoms with van der Waals surface area (Å²) in [5.74, 6) is -0.435. The van der Waals surface area contributed by atoms with E-state index in [1.54, 1.807) is 12.1 Å². The van der Waals surface area contributed by atoms with Crippen molar-refractivity contribution >= 4 is 5.97 Å². The number of carbonyl (C=O) groups is 1. The fourth-order valence-corrected chi connectivity index (χ4v) is 2.20. The zero-order valence-electron chi connectivity index (χ0n) is 11.8. The fraction of sp³-hybridized carbons (Fsp3) is 0.571. The van der Waals surface area contributed by atoms with Crippen LogP contribution in [0.25, 0.3) is 0 Å². The third kappa shape index (κ3) is 3.53. The maximum atomic E-state index is 11.5. The number of hydrogen-bond donors (Lipinski definition) is 1. The number of aliphatic hydroxyl groups is 1. The highest BCUT2D eigenvalue weighted by Gasteiger charge is 2.26. The zero-order valence-corrected chi connectivity index (χ0v) is 11.8. The summed E-state index contributed by atoms with van der Waals surface area (Å²) < 4.78 is 10.2. The van der Waals surface area contributed by atoms with Crippen molar-refractivity contribution in [2.75, 3.05) is 26.9 Å². The van der Waals surface area contributed by atoms with Crippen LogP contribution in [0.5, 0.6) is 0 Å².